The molecule has 0 rings (SSSR count). The zero-order valence-electron chi connectivity index (χ0n) is 2.76. The van der Waals surface area contributed by atoms with Gasteiger partial charge in [-0.1, -0.05) is 0 Å². The maximum atomic E-state index is 7.80. The van der Waals surface area contributed by atoms with Gasteiger partial charge in [-0.3, -0.25) is 0 Å². The normalized spacial score (nSPS) is 6.00. The first-order valence-electron chi connectivity index (χ1n) is 1.13. The van der Waals surface area contributed by atoms with E-state index >= 15 is 0 Å². The molecule has 0 saturated carbocycles. The number of hydrogen-bond acceptors (Lipinski definition) is 2. The van der Waals surface area contributed by atoms with E-state index < -0.39 is 0 Å². The van der Waals surface area contributed by atoms with Crippen molar-refractivity contribution in [2.45, 2.75) is 0 Å². The first-order chi connectivity index (χ1) is 1.91. The van der Waals surface area contributed by atoms with Crippen molar-refractivity contribution in [3.05, 3.63) is 0 Å². The summed E-state index contributed by atoms with van der Waals surface area (Å²) >= 11 is 3.67. The van der Waals surface area contributed by atoms with Crippen LogP contribution in [0.4, 0.5) is 0 Å². The molecule has 0 aliphatic carbocycles. The molecule has 0 bridgehead atoms. The van der Waals surface area contributed by atoms with Crippen LogP contribution in [0.1, 0.15) is 0 Å². The first kappa shape index (κ1) is 9.50. The van der Waals surface area contributed by atoms with Crippen LogP contribution in [-0.2, 0) is 0 Å². The second-order valence-electron chi connectivity index (χ2n) is 0.447. The fraction of sp³-hybridized carbons (Fsp3) is 1.00. The van der Waals surface area contributed by atoms with Crippen LogP contribution in [0.15, 0.2) is 0 Å². The van der Waals surface area contributed by atoms with Gasteiger partial charge in [0.25, 0.3) is 0 Å². The molecule has 0 spiro atoms. The molecular formula is C2H6BiOS+3. The second kappa shape index (κ2) is 8.96. The zero-order valence-corrected chi connectivity index (χ0v) is 7.13. The van der Waals surface area contributed by atoms with Gasteiger partial charge in [0.15, 0.2) is 0 Å². The molecule has 0 aromatic rings. The summed E-state index contributed by atoms with van der Waals surface area (Å²) in [4.78, 5) is 0. The van der Waals surface area contributed by atoms with E-state index in [2.05, 4.69) is 12.6 Å². The quantitative estimate of drug-likeness (QED) is 0.493. The smallest absolute Gasteiger partial charge is 0.396 e. The Bertz CT molecular complexity index is 11.6. The molecule has 1 nitrogen and oxygen atoms in total. The summed E-state index contributed by atoms with van der Waals surface area (Å²) in [5, 5.41) is 7.80. The molecular weight excluding hydrogens is 281 g/mol. The molecule has 0 amide bonds. The standard InChI is InChI=1S/C2H6OS.Bi/c3-1-2-4;/h3-4H,1-2H2;/q;+3. The predicted octanol–water partition coefficient (Wildman–Crippen LogP) is -0.472. The molecule has 28 valence electrons. The molecule has 3 heteroatoms. The van der Waals surface area contributed by atoms with Crippen molar-refractivity contribution in [2.75, 3.05) is 12.4 Å². The van der Waals surface area contributed by atoms with E-state index in [1.54, 1.807) is 0 Å². The van der Waals surface area contributed by atoms with Gasteiger partial charge >= 0.3 is 26.2 Å². The molecule has 0 aromatic carbocycles. The second-order valence-corrected chi connectivity index (χ2v) is 0.894. The number of aliphatic hydroxyl groups is 1. The summed E-state index contributed by atoms with van der Waals surface area (Å²) in [7, 11) is 0. The molecule has 0 aliphatic rings. The molecule has 0 heterocycles. The van der Waals surface area contributed by atoms with Gasteiger partial charge in [-0.25, -0.2) is 0 Å². The van der Waals surface area contributed by atoms with E-state index in [9.17, 15) is 0 Å². The van der Waals surface area contributed by atoms with Gasteiger partial charge in [-0.2, -0.15) is 12.6 Å². The van der Waals surface area contributed by atoms with Crippen molar-refractivity contribution in [1.82, 2.24) is 0 Å². The Hall–Kier alpha value is 1.19. The molecule has 0 aliphatic heterocycles. The van der Waals surface area contributed by atoms with E-state index in [0.29, 0.717) is 5.75 Å². The van der Waals surface area contributed by atoms with Crippen LogP contribution in [0.25, 0.3) is 0 Å². The van der Waals surface area contributed by atoms with E-state index in [0.717, 1.165) is 0 Å². The predicted molar refractivity (Wildman–Crippen MR) is 26.7 cm³/mol. The molecule has 0 atom stereocenters. The molecule has 5 heavy (non-hydrogen) atoms. The van der Waals surface area contributed by atoms with Gasteiger partial charge in [0.1, 0.15) is 0 Å². The van der Waals surface area contributed by atoms with Gasteiger partial charge in [0.2, 0.25) is 0 Å². The maximum absolute atomic E-state index is 7.80. The van der Waals surface area contributed by atoms with Crippen molar-refractivity contribution < 1.29 is 5.11 Å². The van der Waals surface area contributed by atoms with Crippen LogP contribution in [0, 0.1) is 0 Å². The summed E-state index contributed by atoms with van der Waals surface area (Å²) in [6.07, 6.45) is 0. The minimum Gasteiger partial charge on any atom is -0.396 e. The third-order valence-corrected chi connectivity index (χ3v) is 0.300. The molecule has 2 radical (unpaired) electrons. The van der Waals surface area contributed by atoms with E-state index in [1.165, 1.54) is 0 Å². The Morgan fingerprint density at radius 2 is 1.80 bits per heavy atom. The largest absolute Gasteiger partial charge is 3.00 e. The van der Waals surface area contributed by atoms with Crippen LogP contribution in [0.2, 0.25) is 0 Å². The molecule has 0 saturated heterocycles. The fourth-order valence-electron chi connectivity index (χ4n) is 0. The average molecular weight is 287 g/mol. The van der Waals surface area contributed by atoms with Crippen molar-refractivity contribution in [2.24, 2.45) is 0 Å². The summed E-state index contributed by atoms with van der Waals surface area (Å²) < 4.78 is 0. The van der Waals surface area contributed by atoms with Crippen LogP contribution in [0.3, 0.4) is 0 Å². The molecule has 0 fully saturated rings. The van der Waals surface area contributed by atoms with E-state index in [-0.39, 0.29) is 32.8 Å². The fourth-order valence-corrected chi connectivity index (χ4v) is 0. The van der Waals surface area contributed by atoms with Crippen molar-refractivity contribution in [3.8, 4) is 0 Å². The zero-order chi connectivity index (χ0) is 3.41. The number of aliphatic hydroxyl groups excluding tert-OH is 1. The minimum absolute atomic E-state index is 0. The molecule has 0 aromatic heterocycles. The van der Waals surface area contributed by atoms with Crippen LogP contribution < -0.4 is 0 Å². The van der Waals surface area contributed by atoms with Crippen molar-refractivity contribution in [3.63, 3.8) is 0 Å². The Labute approximate surface area is 56.3 Å². The van der Waals surface area contributed by atoms with Crippen molar-refractivity contribution in [1.29, 1.82) is 0 Å². The van der Waals surface area contributed by atoms with Crippen molar-refractivity contribution >= 4 is 38.8 Å². The monoisotopic (exact) mass is 287 g/mol. The Morgan fingerprint density at radius 1 is 1.60 bits per heavy atom. The van der Waals surface area contributed by atoms with Crippen LogP contribution in [-0.4, -0.2) is 43.7 Å². The summed E-state index contributed by atoms with van der Waals surface area (Å²) in [6, 6.07) is 0. The van der Waals surface area contributed by atoms with Gasteiger partial charge in [-0.15, -0.1) is 0 Å². The molecule has 0 unspecified atom stereocenters. The van der Waals surface area contributed by atoms with Gasteiger partial charge in [0.05, 0.1) is 6.61 Å². The van der Waals surface area contributed by atoms with Gasteiger partial charge < -0.3 is 5.11 Å². The Balaban J connectivity index is 0. The SMILES string of the molecule is OCCS.[Bi+3]. The number of thiol groups is 1. The third kappa shape index (κ3) is 11.0. The third-order valence-electron chi connectivity index (χ3n) is 0.1000. The van der Waals surface area contributed by atoms with Crippen LogP contribution >= 0.6 is 12.6 Å². The maximum Gasteiger partial charge on any atom is 3.00 e. The summed E-state index contributed by atoms with van der Waals surface area (Å²) in [5.41, 5.74) is 0. The topological polar surface area (TPSA) is 20.2 Å². The average Bonchev–Trinajstić information content (AvgIpc) is 1.37. The minimum atomic E-state index is 0. The Kier molecular flexibility index (Phi) is 17.0. The summed E-state index contributed by atoms with van der Waals surface area (Å²) in [5.74, 6) is 0.569. The molecule has 1 N–H and O–H groups in total. The number of rotatable bonds is 1. The van der Waals surface area contributed by atoms with E-state index in [4.69, 9.17) is 5.11 Å². The van der Waals surface area contributed by atoms with Gasteiger partial charge in [0, 0.05) is 5.75 Å². The first-order valence-corrected chi connectivity index (χ1v) is 1.76. The summed E-state index contributed by atoms with van der Waals surface area (Å²) in [6.45, 7) is 0.184. The van der Waals surface area contributed by atoms with E-state index in [1.807, 2.05) is 0 Å². The number of hydrogen-bond donors (Lipinski definition) is 2. The van der Waals surface area contributed by atoms with Gasteiger partial charge in [-0.05, 0) is 0 Å². The Morgan fingerprint density at radius 3 is 1.80 bits per heavy atom. The van der Waals surface area contributed by atoms with Crippen LogP contribution in [0.5, 0.6) is 0 Å².